The van der Waals surface area contributed by atoms with Gasteiger partial charge in [-0.3, -0.25) is 4.79 Å². The van der Waals surface area contributed by atoms with Crippen molar-refractivity contribution in [3.63, 3.8) is 0 Å². The molecule has 0 aliphatic heterocycles. The van der Waals surface area contributed by atoms with Crippen LogP contribution >= 0.6 is 39.1 Å². The Labute approximate surface area is 204 Å². The number of rotatable bonds is 8. The van der Waals surface area contributed by atoms with Crippen LogP contribution in [0.4, 0.5) is 0 Å². The third-order valence-corrected chi connectivity index (χ3v) is 5.26. The van der Waals surface area contributed by atoms with E-state index >= 15 is 0 Å². The van der Waals surface area contributed by atoms with E-state index in [-0.39, 0.29) is 19.1 Å². The smallest absolute Gasteiger partial charge is 0.271 e. The minimum atomic E-state index is -0.366. The van der Waals surface area contributed by atoms with E-state index in [0.29, 0.717) is 32.7 Å². The van der Waals surface area contributed by atoms with Crippen molar-refractivity contribution in [3.05, 3.63) is 91.9 Å². The first-order valence-electron chi connectivity index (χ1n) is 9.32. The van der Waals surface area contributed by atoms with Crippen molar-refractivity contribution in [2.24, 2.45) is 5.10 Å². The Kier molecular flexibility index (Phi) is 8.57. The van der Waals surface area contributed by atoms with Crippen LogP contribution in [0.1, 0.15) is 21.5 Å². The summed E-state index contributed by atoms with van der Waals surface area (Å²) in [6.45, 7) is 0.413. The molecule has 0 fully saturated rings. The number of hydrogen-bond acceptors (Lipinski definition) is 4. The molecule has 0 saturated carbocycles. The Balaban J connectivity index is 1.58. The average Bonchev–Trinajstić information content (AvgIpc) is 2.78. The van der Waals surface area contributed by atoms with Gasteiger partial charge in [-0.15, -0.1) is 6.42 Å². The van der Waals surface area contributed by atoms with Gasteiger partial charge < -0.3 is 9.47 Å². The standard InChI is InChI=1S/C24H17BrCl2N2O3/c1-2-11-31-23-10-6-19(25)12-18(23)14-28-29-24(30)16-4-8-21(9-5-16)32-15-17-3-7-20(26)13-22(17)27/h1,3-10,12-14H,11,15H2,(H,29,30)/b28-14+. The van der Waals surface area contributed by atoms with Crippen molar-refractivity contribution in [2.45, 2.75) is 6.61 Å². The highest BCUT2D eigenvalue weighted by Gasteiger charge is 2.07. The monoisotopic (exact) mass is 530 g/mol. The van der Waals surface area contributed by atoms with Crippen molar-refractivity contribution >= 4 is 51.3 Å². The van der Waals surface area contributed by atoms with E-state index in [9.17, 15) is 4.79 Å². The summed E-state index contributed by atoms with van der Waals surface area (Å²) in [6, 6.07) is 17.3. The highest BCUT2D eigenvalue weighted by atomic mass is 79.9. The number of carbonyl (C=O) groups excluding carboxylic acids is 1. The SMILES string of the molecule is C#CCOc1ccc(Br)cc1/C=N/NC(=O)c1ccc(OCc2ccc(Cl)cc2Cl)cc1. The Morgan fingerprint density at radius 2 is 1.88 bits per heavy atom. The zero-order chi connectivity index (χ0) is 22.9. The number of hydrazone groups is 1. The molecule has 3 rings (SSSR count). The van der Waals surface area contributed by atoms with Gasteiger partial charge in [-0.25, -0.2) is 5.43 Å². The van der Waals surface area contributed by atoms with Crippen LogP contribution in [-0.2, 0) is 6.61 Å². The Hall–Kier alpha value is -2.98. The number of ether oxygens (including phenoxy) is 2. The molecule has 0 radical (unpaired) electrons. The number of nitrogens with one attached hydrogen (secondary N) is 1. The van der Waals surface area contributed by atoms with Gasteiger partial charge in [0, 0.05) is 31.2 Å². The van der Waals surface area contributed by atoms with Gasteiger partial charge in [-0.2, -0.15) is 5.10 Å². The van der Waals surface area contributed by atoms with Crippen LogP contribution in [0.25, 0.3) is 0 Å². The number of halogens is 3. The van der Waals surface area contributed by atoms with Crippen LogP contribution in [0, 0.1) is 12.3 Å². The summed E-state index contributed by atoms with van der Waals surface area (Å²) >= 11 is 15.4. The van der Waals surface area contributed by atoms with Crippen LogP contribution in [-0.4, -0.2) is 18.7 Å². The maximum Gasteiger partial charge on any atom is 0.271 e. The number of hydrogen-bond donors (Lipinski definition) is 1. The molecule has 8 heteroatoms. The lowest BCUT2D eigenvalue weighted by molar-refractivity contribution is 0.0955. The van der Waals surface area contributed by atoms with E-state index in [2.05, 4.69) is 32.4 Å². The predicted molar refractivity (Wildman–Crippen MR) is 131 cm³/mol. The molecule has 0 aromatic heterocycles. The molecular weight excluding hydrogens is 515 g/mol. The Bertz CT molecular complexity index is 1170. The van der Waals surface area contributed by atoms with E-state index in [4.69, 9.17) is 39.1 Å². The highest BCUT2D eigenvalue weighted by molar-refractivity contribution is 9.10. The third kappa shape index (κ3) is 6.76. The van der Waals surface area contributed by atoms with Gasteiger partial charge >= 0.3 is 0 Å². The quantitative estimate of drug-likeness (QED) is 0.217. The summed E-state index contributed by atoms with van der Waals surface area (Å²) in [5.41, 5.74) is 4.39. The van der Waals surface area contributed by atoms with E-state index in [1.54, 1.807) is 54.6 Å². The molecule has 162 valence electrons. The molecule has 32 heavy (non-hydrogen) atoms. The zero-order valence-corrected chi connectivity index (χ0v) is 19.7. The number of carbonyl (C=O) groups is 1. The first-order chi connectivity index (χ1) is 15.5. The lowest BCUT2D eigenvalue weighted by Gasteiger charge is -2.09. The summed E-state index contributed by atoms with van der Waals surface area (Å²) < 4.78 is 12.0. The average molecular weight is 532 g/mol. The minimum absolute atomic E-state index is 0.132. The first kappa shape index (κ1) is 23.7. The molecule has 0 saturated heterocycles. The van der Waals surface area contributed by atoms with Crippen molar-refractivity contribution in [3.8, 4) is 23.8 Å². The normalized spacial score (nSPS) is 10.6. The van der Waals surface area contributed by atoms with Crippen LogP contribution in [0.5, 0.6) is 11.5 Å². The predicted octanol–water partition coefficient (Wildman–Crippen LogP) is 6.11. The lowest BCUT2D eigenvalue weighted by Crippen LogP contribution is -2.17. The molecule has 0 aliphatic rings. The summed E-state index contributed by atoms with van der Waals surface area (Å²) in [5.74, 6) is 3.20. The van der Waals surface area contributed by atoms with E-state index < -0.39 is 0 Å². The van der Waals surface area contributed by atoms with Crippen LogP contribution in [0.3, 0.4) is 0 Å². The van der Waals surface area contributed by atoms with Gasteiger partial charge in [-0.1, -0.05) is 51.1 Å². The van der Waals surface area contributed by atoms with E-state index in [1.807, 2.05) is 6.07 Å². The second-order valence-electron chi connectivity index (χ2n) is 6.42. The Morgan fingerprint density at radius 3 is 2.59 bits per heavy atom. The molecule has 1 amide bonds. The van der Waals surface area contributed by atoms with E-state index in [0.717, 1.165) is 10.0 Å². The van der Waals surface area contributed by atoms with Crippen molar-refractivity contribution < 1.29 is 14.3 Å². The molecule has 0 heterocycles. The highest BCUT2D eigenvalue weighted by Crippen LogP contribution is 2.23. The fraction of sp³-hybridized carbons (Fsp3) is 0.0833. The molecule has 0 aliphatic carbocycles. The van der Waals surface area contributed by atoms with Gasteiger partial charge in [0.25, 0.3) is 5.91 Å². The zero-order valence-electron chi connectivity index (χ0n) is 16.6. The molecule has 0 bridgehead atoms. The Morgan fingerprint density at radius 1 is 1.09 bits per heavy atom. The topological polar surface area (TPSA) is 59.9 Å². The molecule has 5 nitrogen and oxygen atoms in total. The second kappa shape index (κ2) is 11.6. The molecular formula is C24H17BrCl2N2O3. The molecule has 1 N–H and O–H groups in total. The maximum absolute atomic E-state index is 12.4. The molecule has 0 spiro atoms. The van der Waals surface area contributed by atoms with Gasteiger partial charge in [-0.05, 0) is 54.6 Å². The van der Waals surface area contributed by atoms with Gasteiger partial charge in [0.2, 0.25) is 0 Å². The largest absolute Gasteiger partial charge is 0.489 e. The number of nitrogens with zero attached hydrogens (tertiary/aromatic N) is 1. The van der Waals surface area contributed by atoms with Gasteiger partial charge in [0.15, 0.2) is 0 Å². The first-order valence-corrected chi connectivity index (χ1v) is 10.9. The second-order valence-corrected chi connectivity index (χ2v) is 8.18. The van der Waals surface area contributed by atoms with Crippen molar-refractivity contribution in [2.75, 3.05) is 6.61 Å². The van der Waals surface area contributed by atoms with Gasteiger partial charge in [0.1, 0.15) is 24.7 Å². The number of amides is 1. The van der Waals surface area contributed by atoms with Gasteiger partial charge in [0.05, 0.1) is 6.21 Å². The van der Waals surface area contributed by atoms with Crippen LogP contribution in [0.2, 0.25) is 10.0 Å². The molecule has 3 aromatic carbocycles. The maximum atomic E-state index is 12.4. The summed E-state index contributed by atoms with van der Waals surface area (Å²) in [5, 5.41) is 5.10. The van der Waals surface area contributed by atoms with Crippen molar-refractivity contribution in [1.29, 1.82) is 0 Å². The summed E-state index contributed by atoms with van der Waals surface area (Å²) in [7, 11) is 0. The lowest BCUT2D eigenvalue weighted by atomic mass is 10.2. The molecule has 3 aromatic rings. The van der Waals surface area contributed by atoms with Crippen molar-refractivity contribution in [1.82, 2.24) is 5.43 Å². The number of terminal acetylenes is 1. The molecule has 0 atom stereocenters. The molecule has 0 unspecified atom stereocenters. The number of benzene rings is 3. The minimum Gasteiger partial charge on any atom is -0.489 e. The van der Waals surface area contributed by atoms with Crippen LogP contribution in [0.15, 0.2) is 70.2 Å². The summed E-state index contributed by atoms with van der Waals surface area (Å²) in [6.07, 6.45) is 6.73. The van der Waals surface area contributed by atoms with E-state index in [1.165, 1.54) is 6.21 Å². The summed E-state index contributed by atoms with van der Waals surface area (Å²) in [4.78, 5) is 12.4. The third-order valence-electron chi connectivity index (χ3n) is 4.18. The fourth-order valence-corrected chi connectivity index (χ4v) is 3.44. The van der Waals surface area contributed by atoms with Crippen LogP contribution < -0.4 is 14.9 Å². The fourth-order valence-electron chi connectivity index (χ4n) is 2.60.